The van der Waals surface area contributed by atoms with Crippen molar-refractivity contribution < 1.29 is 4.74 Å². The van der Waals surface area contributed by atoms with Crippen LogP contribution in [-0.4, -0.2) is 25.3 Å². The van der Waals surface area contributed by atoms with Gasteiger partial charge in [-0.25, -0.2) is 0 Å². The minimum atomic E-state index is 0.625. The van der Waals surface area contributed by atoms with Gasteiger partial charge in [0.05, 0.1) is 7.11 Å². The molecule has 3 rings (SSSR count). The lowest BCUT2D eigenvalue weighted by molar-refractivity contribution is 0.414. The lowest BCUT2D eigenvalue weighted by Gasteiger charge is -2.32. The molecule has 1 aliphatic rings. The van der Waals surface area contributed by atoms with Crippen molar-refractivity contribution >= 4 is 28.7 Å². The number of nitrogens with zero attached hydrogens (tertiary/aromatic N) is 1. The number of piperidine rings is 1. The summed E-state index contributed by atoms with van der Waals surface area (Å²) in [6.45, 7) is 5.32. The molecule has 2 aromatic carbocycles. The van der Waals surface area contributed by atoms with E-state index in [-0.39, 0.29) is 0 Å². The molecule has 0 radical (unpaired) electrons. The fourth-order valence-corrected chi connectivity index (χ4v) is 3.31. The molecule has 0 atom stereocenters. The van der Waals surface area contributed by atoms with Gasteiger partial charge < -0.3 is 20.3 Å². The lowest BCUT2D eigenvalue weighted by atomic mass is 9.99. The predicted octanol–water partition coefficient (Wildman–Crippen LogP) is 4.42. The van der Waals surface area contributed by atoms with Crippen LogP contribution in [0.25, 0.3) is 0 Å². The molecule has 1 heterocycles. The highest BCUT2D eigenvalue weighted by molar-refractivity contribution is 7.80. The number of methoxy groups -OCH3 is 1. The zero-order valence-corrected chi connectivity index (χ0v) is 16.3. The first-order chi connectivity index (χ1) is 12.6. The SMILES string of the molecule is COc1ccc(CNC(=S)Nc2ccc(N3CCC(C)CC3)cc2)cc1. The number of hydrogen-bond acceptors (Lipinski definition) is 3. The van der Waals surface area contributed by atoms with Crippen LogP contribution in [0.3, 0.4) is 0 Å². The Labute approximate surface area is 161 Å². The normalized spacial score (nSPS) is 14.8. The maximum atomic E-state index is 5.40. The van der Waals surface area contributed by atoms with E-state index in [2.05, 4.69) is 46.7 Å². The zero-order valence-electron chi connectivity index (χ0n) is 15.5. The smallest absolute Gasteiger partial charge is 0.171 e. The third kappa shape index (κ3) is 5.11. The molecule has 1 aliphatic heterocycles. The Hall–Kier alpha value is -2.27. The molecule has 0 unspecified atom stereocenters. The van der Waals surface area contributed by atoms with Crippen LogP contribution >= 0.6 is 12.2 Å². The molecule has 138 valence electrons. The van der Waals surface area contributed by atoms with Gasteiger partial charge in [-0.3, -0.25) is 0 Å². The van der Waals surface area contributed by atoms with Crippen LogP contribution < -0.4 is 20.3 Å². The number of benzene rings is 2. The van der Waals surface area contributed by atoms with Gasteiger partial charge in [-0.05, 0) is 72.9 Å². The van der Waals surface area contributed by atoms with E-state index in [1.807, 2.05) is 24.3 Å². The third-order valence-corrected chi connectivity index (χ3v) is 5.13. The number of hydrogen-bond donors (Lipinski definition) is 2. The molecule has 26 heavy (non-hydrogen) atoms. The summed E-state index contributed by atoms with van der Waals surface area (Å²) in [4.78, 5) is 2.46. The van der Waals surface area contributed by atoms with Gasteiger partial charge in [-0.2, -0.15) is 0 Å². The number of anilines is 2. The molecule has 2 N–H and O–H groups in total. The average molecular weight is 370 g/mol. The number of rotatable bonds is 5. The molecule has 4 nitrogen and oxygen atoms in total. The second-order valence-corrected chi connectivity index (χ2v) is 7.28. The van der Waals surface area contributed by atoms with Crippen molar-refractivity contribution in [2.75, 3.05) is 30.4 Å². The second-order valence-electron chi connectivity index (χ2n) is 6.87. The third-order valence-electron chi connectivity index (χ3n) is 4.89. The van der Waals surface area contributed by atoms with Crippen molar-refractivity contribution in [3.05, 3.63) is 54.1 Å². The fraction of sp³-hybridized carbons (Fsp3) is 0.381. The summed E-state index contributed by atoms with van der Waals surface area (Å²) >= 11 is 5.40. The molecular weight excluding hydrogens is 342 g/mol. The van der Waals surface area contributed by atoms with Gasteiger partial charge in [-0.1, -0.05) is 19.1 Å². The van der Waals surface area contributed by atoms with Crippen LogP contribution in [0.5, 0.6) is 5.75 Å². The van der Waals surface area contributed by atoms with Gasteiger partial charge in [-0.15, -0.1) is 0 Å². The summed E-state index contributed by atoms with van der Waals surface area (Å²) in [6, 6.07) is 16.5. The molecule has 0 saturated carbocycles. The van der Waals surface area contributed by atoms with E-state index < -0.39 is 0 Å². The van der Waals surface area contributed by atoms with Crippen molar-refractivity contribution in [2.45, 2.75) is 26.3 Å². The van der Waals surface area contributed by atoms with Crippen LogP contribution in [0.1, 0.15) is 25.3 Å². The highest BCUT2D eigenvalue weighted by Gasteiger charge is 2.15. The summed E-state index contributed by atoms with van der Waals surface area (Å²) in [7, 11) is 1.67. The van der Waals surface area contributed by atoms with Crippen LogP contribution in [0, 0.1) is 5.92 Å². The van der Waals surface area contributed by atoms with Crippen molar-refractivity contribution in [1.82, 2.24) is 5.32 Å². The topological polar surface area (TPSA) is 36.5 Å². The van der Waals surface area contributed by atoms with Gasteiger partial charge >= 0.3 is 0 Å². The van der Waals surface area contributed by atoms with Crippen molar-refractivity contribution in [2.24, 2.45) is 5.92 Å². The van der Waals surface area contributed by atoms with Crippen LogP contribution in [0.2, 0.25) is 0 Å². The van der Waals surface area contributed by atoms with Crippen molar-refractivity contribution in [3.8, 4) is 5.75 Å². The summed E-state index contributed by atoms with van der Waals surface area (Å²) < 4.78 is 5.17. The van der Waals surface area contributed by atoms with E-state index in [0.29, 0.717) is 11.7 Å². The summed E-state index contributed by atoms with van der Waals surface area (Å²) in [5.41, 5.74) is 3.45. The Morgan fingerprint density at radius 1 is 1.08 bits per heavy atom. The maximum Gasteiger partial charge on any atom is 0.171 e. The van der Waals surface area contributed by atoms with Crippen LogP contribution in [-0.2, 0) is 6.54 Å². The molecule has 2 aromatic rings. The Morgan fingerprint density at radius 3 is 2.35 bits per heavy atom. The Kier molecular flexibility index (Phi) is 6.34. The van der Waals surface area contributed by atoms with Gasteiger partial charge in [0.15, 0.2) is 5.11 Å². The standard InChI is InChI=1S/C21H27N3OS/c1-16-11-13-24(14-12-16)19-7-5-18(6-8-19)23-21(26)22-15-17-3-9-20(25-2)10-4-17/h3-10,16H,11-15H2,1-2H3,(H2,22,23,26). The van der Waals surface area contributed by atoms with E-state index in [1.54, 1.807) is 7.11 Å². The second kappa shape index (κ2) is 8.90. The monoisotopic (exact) mass is 369 g/mol. The molecule has 0 bridgehead atoms. The first-order valence-electron chi connectivity index (χ1n) is 9.17. The summed E-state index contributed by atoms with van der Waals surface area (Å²) in [5.74, 6) is 1.71. The molecule has 1 saturated heterocycles. The largest absolute Gasteiger partial charge is 0.497 e. The molecule has 0 aliphatic carbocycles. The minimum absolute atomic E-state index is 0.625. The summed E-state index contributed by atoms with van der Waals surface area (Å²) in [5, 5.41) is 7.11. The van der Waals surface area contributed by atoms with E-state index in [0.717, 1.165) is 36.0 Å². The predicted molar refractivity (Wildman–Crippen MR) is 113 cm³/mol. The molecular formula is C21H27N3OS. The molecule has 1 fully saturated rings. The first-order valence-corrected chi connectivity index (χ1v) is 9.57. The van der Waals surface area contributed by atoms with Gasteiger partial charge in [0.25, 0.3) is 0 Å². The Balaban J connectivity index is 1.47. The summed E-state index contributed by atoms with van der Waals surface area (Å²) in [6.07, 6.45) is 2.55. The molecule has 0 aromatic heterocycles. The van der Waals surface area contributed by atoms with E-state index >= 15 is 0 Å². The van der Waals surface area contributed by atoms with Gasteiger partial charge in [0.2, 0.25) is 0 Å². The highest BCUT2D eigenvalue weighted by atomic mass is 32.1. The van der Waals surface area contributed by atoms with E-state index in [1.165, 1.54) is 18.5 Å². The quantitative estimate of drug-likeness (QED) is 0.763. The molecule has 0 spiro atoms. The van der Waals surface area contributed by atoms with Gasteiger partial charge in [0, 0.05) is 31.0 Å². The van der Waals surface area contributed by atoms with E-state index in [9.17, 15) is 0 Å². The first kappa shape index (κ1) is 18.5. The number of nitrogens with one attached hydrogen (secondary N) is 2. The molecule has 5 heteroatoms. The highest BCUT2D eigenvalue weighted by Crippen LogP contribution is 2.24. The van der Waals surface area contributed by atoms with Crippen LogP contribution in [0.15, 0.2) is 48.5 Å². The van der Waals surface area contributed by atoms with Crippen molar-refractivity contribution in [3.63, 3.8) is 0 Å². The molecule has 0 amide bonds. The lowest BCUT2D eigenvalue weighted by Crippen LogP contribution is -2.32. The van der Waals surface area contributed by atoms with Crippen molar-refractivity contribution in [1.29, 1.82) is 0 Å². The number of thiocarbonyl (C=S) groups is 1. The minimum Gasteiger partial charge on any atom is -0.497 e. The Bertz CT molecular complexity index is 707. The van der Waals surface area contributed by atoms with Crippen LogP contribution in [0.4, 0.5) is 11.4 Å². The fourth-order valence-electron chi connectivity index (χ4n) is 3.12. The maximum absolute atomic E-state index is 5.40. The van der Waals surface area contributed by atoms with Gasteiger partial charge in [0.1, 0.15) is 5.75 Å². The van der Waals surface area contributed by atoms with E-state index in [4.69, 9.17) is 17.0 Å². The Morgan fingerprint density at radius 2 is 1.73 bits per heavy atom. The zero-order chi connectivity index (χ0) is 18.4. The number of ether oxygens (including phenoxy) is 1. The average Bonchev–Trinajstić information content (AvgIpc) is 2.68.